The number of carbonyl (C=O) groups is 2. The average Bonchev–Trinajstić information content (AvgIpc) is 3.34. The molecule has 0 aliphatic rings. The van der Waals surface area contributed by atoms with Gasteiger partial charge in [-0.15, -0.1) is 16.4 Å². The third kappa shape index (κ3) is 4.86. The van der Waals surface area contributed by atoms with Crippen LogP contribution in [0.4, 0.5) is 16.0 Å². The Morgan fingerprint density at radius 2 is 1.71 bits per heavy atom. The monoisotopic (exact) mass is 439 g/mol. The van der Waals surface area contributed by atoms with Crippen LogP contribution in [0.5, 0.6) is 5.75 Å². The molecule has 0 unspecified atom stereocenters. The Bertz CT molecular complexity index is 1220. The summed E-state index contributed by atoms with van der Waals surface area (Å²) in [4.78, 5) is 29.1. The van der Waals surface area contributed by atoms with E-state index in [4.69, 9.17) is 4.74 Å². The van der Waals surface area contributed by atoms with Crippen LogP contribution in [0.1, 0.15) is 12.8 Å². The van der Waals surface area contributed by atoms with Crippen molar-refractivity contribution in [1.82, 2.24) is 14.6 Å². The van der Waals surface area contributed by atoms with Crippen molar-refractivity contribution in [3.8, 4) is 17.0 Å². The lowest BCUT2D eigenvalue weighted by atomic mass is 10.2. The molecule has 2 aromatic carbocycles. The Morgan fingerprint density at radius 1 is 1.03 bits per heavy atom. The number of methoxy groups -OCH3 is 1. The van der Waals surface area contributed by atoms with Crippen LogP contribution in [0.15, 0.2) is 53.9 Å². The fraction of sp³-hybridized carbons (Fsp3) is 0.143. The number of aromatic nitrogens is 3. The lowest BCUT2D eigenvalue weighted by Crippen LogP contribution is -2.18. The number of nitrogens with zero attached hydrogens (tertiary/aromatic N) is 3. The topological polar surface area (TPSA) is 97.6 Å². The lowest BCUT2D eigenvalue weighted by Gasteiger charge is -2.05. The van der Waals surface area contributed by atoms with Crippen molar-refractivity contribution < 1.29 is 18.7 Å². The first kappa shape index (κ1) is 20.5. The quantitative estimate of drug-likeness (QED) is 0.454. The van der Waals surface area contributed by atoms with Crippen LogP contribution in [-0.2, 0) is 9.59 Å². The highest BCUT2D eigenvalue weighted by Crippen LogP contribution is 2.27. The van der Waals surface area contributed by atoms with Crippen molar-refractivity contribution in [2.45, 2.75) is 12.8 Å². The molecule has 2 N–H and O–H groups in total. The molecule has 0 atom stereocenters. The van der Waals surface area contributed by atoms with E-state index in [1.165, 1.54) is 35.6 Å². The van der Waals surface area contributed by atoms with Gasteiger partial charge >= 0.3 is 0 Å². The highest BCUT2D eigenvalue weighted by Gasteiger charge is 2.14. The summed E-state index contributed by atoms with van der Waals surface area (Å²) < 4.78 is 19.7. The Kier molecular flexibility index (Phi) is 5.89. The summed E-state index contributed by atoms with van der Waals surface area (Å²) in [6, 6.07) is 13.0. The summed E-state index contributed by atoms with van der Waals surface area (Å²) in [6.07, 6.45) is -0.0618. The maximum Gasteiger partial charge on any atom is 0.250 e. The molecule has 0 aliphatic heterocycles. The number of ether oxygens (including phenoxy) is 1. The third-order valence-electron chi connectivity index (χ3n) is 4.43. The molecule has 0 aliphatic carbocycles. The number of fused-ring (bicyclic) bond motifs is 1. The van der Waals surface area contributed by atoms with Gasteiger partial charge in [-0.05, 0) is 48.5 Å². The lowest BCUT2D eigenvalue weighted by molar-refractivity contribution is -0.121. The predicted octanol–water partition coefficient (Wildman–Crippen LogP) is 3.96. The first-order valence-electron chi connectivity index (χ1n) is 9.36. The van der Waals surface area contributed by atoms with Gasteiger partial charge in [0, 0.05) is 29.5 Å². The molecule has 158 valence electrons. The van der Waals surface area contributed by atoms with E-state index in [0.717, 1.165) is 17.0 Å². The van der Waals surface area contributed by atoms with Crippen LogP contribution in [0.25, 0.3) is 16.2 Å². The average molecular weight is 439 g/mol. The van der Waals surface area contributed by atoms with Gasteiger partial charge in [-0.3, -0.25) is 14.9 Å². The summed E-state index contributed by atoms with van der Waals surface area (Å²) in [5.41, 5.74) is 2.25. The van der Waals surface area contributed by atoms with E-state index in [9.17, 15) is 14.0 Å². The van der Waals surface area contributed by atoms with Gasteiger partial charge in [-0.2, -0.15) is 4.98 Å². The molecular weight excluding hydrogens is 421 g/mol. The summed E-state index contributed by atoms with van der Waals surface area (Å²) >= 11 is 1.40. The standard InChI is InChI=1S/C21H18FN5O3S/c1-30-16-8-2-13(3-9-16)17-12-31-21-25-20(26-27(17)21)24-19(29)11-10-18(28)23-15-6-4-14(22)5-7-15/h2-9,12H,10-11H2,1H3,(H,23,28)(H,24,26,29). The number of benzene rings is 2. The van der Waals surface area contributed by atoms with Crippen LogP contribution in [0.3, 0.4) is 0 Å². The van der Waals surface area contributed by atoms with Crippen molar-refractivity contribution in [3.05, 3.63) is 59.7 Å². The van der Waals surface area contributed by atoms with Crippen LogP contribution in [0, 0.1) is 5.82 Å². The summed E-state index contributed by atoms with van der Waals surface area (Å²) in [7, 11) is 1.61. The van der Waals surface area contributed by atoms with E-state index in [2.05, 4.69) is 20.7 Å². The maximum atomic E-state index is 12.9. The summed E-state index contributed by atoms with van der Waals surface area (Å²) in [5.74, 6) is -0.184. The zero-order chi connectivity index (χ0) is 21.8. The minimum atomic E-state index is -0.389. The van der Waals surface area contributed by atoms with E-state index >= 15 is 0 Å². The number of hydrogen-bond donors (Lipinski definition) is 2. The molecule has 0 radical (unpaired) electrons. The third-order valence-corrected chi connectivity index (χ3v) is 5.24. The number of anilines is 2. The van der Waals surface area contributed by atoms with Crippen molar-refractivity contribution >= 4 is 39.7 Å². The van der Waals surface area contributed by atoms with Crippen molar-refractivity contribution in [2.24, 2.45) is 0 Å². The molecule has 4 rings (SSSR count). The number of carbonyl (C=O) groups excluding carboxylic acids is 2. The highest BCUT2D eigenvalue weighted by atomic mass is 32.1. The number of nitrogens with one attached hydrogen (secondary N) is 2. The van der Waals surface area contributed by atoms with Crippen LogP contribution < -0.4 is 15.4 Å². The second-order valence-corrected chi connectivity index (χ2v) is 7.42. The molecule has 0 saturated carbocycles. The molecule has 0 spiro atoms. The van der Waals surface area contributed by atoms with E-state index < -0.39 is 0 Å². The smallest absolute Gasteiger partial charge is 0.250 e. The van der Waals surface area contributed by atoms with E-state index in [1.54, 1.807) is 11.6 Å². The Balaban J connectivity index is 1.36. The number of hydrogen-bond acceptors (Lipinski definition) is 6. The SMILES string of the molecule is COc1ccc(-c2csc3nc(NC(=O)CCC(=O)Nc4ccc(F)cc4)nn23)cc1. The summed E-state index contributed by atoms with van der Waals surface area (Å²) in [6.45, 7) is 0. The molecule has 2 amide bonds. The van der Waals surface area contributed by atoms with Crippen LogP contribution in [-0.4, -0.2) is 33.5 Å². The molecule has 4 aromatic rings. The zero-order valence-corrected chi connectivity index (χ0v) is 17.3. The molecule has 0 saturated heterocycles. The zero-order valence-electron chi connectivity index (χ0n) is 16.5. The van der Waals surface area contributed by atoms with Gasteiger partial charge in [-0.1, -0.05) is 0 Å². The Hall–Kier alpha value is -3.79. The van der Waals surface area contributed by atoms with Gasteiger partial charge < -0.3 is 10.1 Å². The number of rotatable bonds is 7. The van der Waals surface area contributed by atoms with E-state index in [1.807, 2.05) is 29.6 Å². The van der Waals surface area contributed by atoms with Gasteiger partial charge in [0.2, 0.25) is 22.7 Å². The number of halogens is 1. The Labute approximate surface area is 180 Å². The highest BCUT2D eigenvalue weighted by molar-refractivity contribution is 7.15. The first-order chi connectivity index (χ1) is 15.0. The first-order valence-corrected chi connectivity index (χ1v) is 10.2. The fourth-order valence-corrected chi connectivity index (χ4v) is 3.70. The molecule has 8 nitrogen and oxygen atoms in total. The van der Waals surface area contributed by atoms with Gasteiger partial charge in [0.25, 0.3) is 0 Å². The van der Waals surface area contributed by atoms with E-state index in [0.29, 0.717) is 10.6 Å². The molecule has 10 heteroatoms. The fourth-order valence-electron chi connectivity index (χ4n) is 2.87. The van der Waals surface area contributed by atoms with Gasteiger partial charge in [0.1, 0.15) is 11.6 Å². The van der Waals surface area contributed by atoms with E-state index in [-0.39, 0.29) is 36.4 Å². The molecule has 0 fully saturated rings. The number of thiazole rings is 1. The normalized spacial score (nSPS) is 10.8. The van der Waals surface area contributed by atoms with Crippen LogP contribution in [0.2, 0.25) is 0 Å². The summed E-state index contributed by atoms with van der Waals surface area (Å²) in [5, 5.41) is 11.5. The van der Waals surface area contributed by atoms with Crippen molar-refractivity contribution in [1.29, 1.82) is 0 Å². The van der Waals surface area contributed by atoms with Crippen molar-refractivity contribution in [2.75, 3.05) is 17.7 Å². The molecular formula is C21H18FN5O3S. The molecule has 2 heterocycles. The maximum absolute atomic E-state index is 12.9. The minimum absolute atomic E-state index is 0.0253. The molecule has 0 bridgehead atoms. The number of amides is 2. The predicted molar refractivity (Wildman–Crippen MR) is 116 cm³/mol. The van der Waals surface area contributed by atoms with Gasteiger partial charge in [-0.25, -0.2) is 8.91 Å². The second kappa shape index (κ2) is 8.92. The molecule has 2 aromatic heterocycles. The van der Waals surface area contributed by atoms with Gasteiger partial charge in [0.05, 0.1) is 12.8 Å². The Morgan fingerprint density at radius 3 is 2.39 bits per heavy atom. The van der Waals surface area contributed by atoms with Crippen LogP contribution >= 0.6 is 11.3 Å². The largest absolute Gasteiger partial charge is 0.497 e. The van der Waals surface area contributed by atoms with Gasteiger partial charge in [0.15, 0.2) is 0 Å². The second-order valence-electron chi connectivity index (χ2n) is 6.58. The molecule has 31 heavy (non-hydrogen) atoms. The van der Waals surface area contributed by atoms with Crippen molar-refractivity contribution in [3.63, 3.8) is 0 Å². The minimum Gasteiger partial charge on any atom is -0.497 e.